The lowest BCUT2D eigenvalue weighted by atomic mass is 9.92. The predicted octanol–water partition coefficient (Wildman–Crippen LogP) is 4.76. The van der Waals surface area contributed by atoms with Crippen LogP contribution in [0.25, 0.3) is 0 Å². The molecular formula is C17H36O3Si. The first-order chi connectivity index (χ1) is 9.73. The zero-order chi connectivity index (χ0) is 16.1. The molecule has 0 spiro atoms. The zero-order valence-electron chi connectivity index (χ0n) is 15.2. The van der Waals surface area contributed by atoms with Gasteiger partial charge in [-0.25, -0.2) is 0 Å². The maximum Gasteiger partial charge on any atom is 0.192 e. The Kier molecular flexibility index (Phi) is 7.38. The summed E-state index contributed by atoms with van der Waals surface area (Å²) in [5.41, 5.74) is 0. The second kappa shape index (κ2) is 8.09. The first-order valence-corrected chi connectivity index (χ1v) is 11.5. The van der Waals surface area contributed by atoms with Crippen molar-refractivity contribution in [2.75, 3.05) is 13.7 Å². The second-order valence-corrected chi connectivity index (χ2v) is 12.6. The summed E-state index contributed by atoms with van der Waals surface area (Å²) in [6, 6.07) is 0. The molecule has 1 rings (SSSR count). The summed E-state index contributed by atoms with van der Waals surface area (Å²) < 4.78 is 18.5. The van der Waals surface area contributed by atoms with Gasteiger partial charge in [0.1, 0.15) is 0 Å². The van der Waals surface area contributed by atoms with Crippen LogP contribution in [0.5, 0.6) is 0 Å². The van der Waals surface area contributed by atoms with E-state index in [1.165, 1.54) is 12.8 Å². The van der Waals surface area contributed by atoms with Crippen molar-refractivity contribution in [2.45, 2.75) is 96.2 Å². The van der Waals surface area contributed by atoms with Crippen LogP contribution < -0.4 is 0 Å². The Labute approximate surface area is 132 Å². The highest BCUT2D eigenvalue weighted by atomic mass is 28.4. The maximum absolute atomic E-state index is 6.68. The number of hydrogen-bond acceptors (Lipinski definition) is 3. The predicted molar refractivity (Wildman–Crippen MR) is 91.4 cm³/mol. The largest absolute Gasteiger partial charge is 0.409 e. The lowest BCUT2D eigenvalue weighted by molar-refractivity contribution is -0.117. The average molecular weight is 317 g/mol. The Morgan fingerprint density at radius 2 is 1.71 bits per heavy atom. The van der Waals surface area contributed by atoms with Crippen LogP contribution in [0, 0.1) is 0 Å². The van der Waals surface area contributed by atoms with Crippen LogP contribution in [-0.4, -0.2) is 40.3 Å². The van der Waals surface area contributed by atoms with Gasteiger partial charge in [0, 0.05) is 13.7 Å². The monoisotopic (exact) mass is 316 g/mol. The SMILES string of the molecule is CCCCO[C@@H]1CCC[C@@H](OC)C1O[Si](C)(C)C(C)(C)C. The van der Waals surface area contributed by atoms with E-state index in [4.69, 9.17) is 13.9 Å². The van der Waals surface area contributed by atoms with Gasteiger partial charge in [0.25, 0.3) is 0 Å². The maximum atomic E-state index is 6.68. The highest BCUT2D eigenvalue weighted by Crippen LogP contribution is 2.40. The Morgan fingerprint density at radius 3 is 2.24 bits per heavy atom. The van der Waals surface area contributed by atoms with Crippen molar-refractivity contribution in [1.82, 2.24) is 0 Å². The van der Waals surface area contributed by atoms with Gasteiger partial charge in [-0.15, -0.1) is 0 Å². The van der Waals surface area contributed by atoms with Gasteiger partial charge < -0.3 is 13.9 Å². The standard InChI is InChI=1S/C17H36O3Si/c1-8-9-13-19-15-12-10-11-14(18-5)16(15)20-21(6,7)17(2,3)4/h14-16H,8-13H2,1-7H3/t14-,15-,16?/m1/s1. The fourth-order valence-electron chi connectivity index (χ4n) is 2.57. The lowest BCUT2D eigenvalue weighted by Crippen LogP contribution is -2.53. The van der Waals surface area contributed by atoms with Crippen LogP contribution in [0.15, 0.2) is 0 Å². The van der Waals surface area contributed by atoms with Crippen LogP contribution in [-0.2, 0) is 13.9 Å². The molecule has 0 aromatic rings. The Balaban J connectivity index is 2.77. The van der Waals surface area contributed by atoms with Crippen LogP contribution in [0.3, 0.4) is 0 Å². The van der Waals surface area contributed by atoms with E-state index in [0.717, 1.165) is 25.9 Å². The Morgan fingerprint density at radius 1 is 1.10 bits per heavy atom. The molecule has 4 heteroatoms. The molecule has 0 bridgehead atoms. The van der Waals surface area contributed by atoms with Crippen LogP contribution in [0.1, 0.15) is 59.8 Å². The third kappa shape index (κ3) is 5.34. The van der Waals surface area contributed by atoms with E-state index in [2.05, 4.69) is 40.8 Å². The third-order valence-electron chi connectivity index (χ3n) is 5.08. The number of rotatable bonds is 7. The molecule has 126 valence electrons. The number of unbranched alkanes of at least 4 members (excludes halogenated alkanes) is 1. The fourth-order valence-corrected chi connectivity index (χ4v) is 3.90. The molecule has 0 aromatic heterocycles. The van der Waals surface area contributed by atoms with E-state index in [1.54, 1.807) is 7.11 Å². The fraction of sp³-hybridized carbons (Fsp3) is 1.00. The first-order valence-electron chi connectivity index (χ1n) is 8.55. The molecule has 0 heterocycles. The smallest absolute Gasteiger partial charge is 0.192 e. The normalized spacial score (nSPS) is 27.9. The minimum absolute atomic E-state index is 0.0986. The molecule has 3 atom stereocenters. The molecule has 1 aliphatic rings. The number of hydrogen-bond donors (Lipinski definition) is 0. The number of ether oxygens (including phenoxy) is 2. The van der Waals surface area contributed by atoms with Crippen molar-refractivity contribution in [3.8, 4) is 0 Å². The van der Waals surface area contributed by atoms with E-state index in [9.17, 15) is 0 Å². The summed E-state index contributed by atoms with van der Waals surface area (Å²) in [4.78, 5) is 0. The third-order valence-corrected chi connectivity index (χ3v) is 9.55. The lowest BCUT2D eigenvalue weighted by Gasteiger charge is -2.45. The number of methoxy groups -OCH3 is 1. The quantitative estimate of drug-likeness (QED) is 0.500. The molecule has 21 heavy (non-hydrogen) atoms. The van der Waals surface area contributed by atoms with Gasteiger partial charge in [0.15, 0.2) is 8.32 Å². The molecule has 0 radical (unpaired) electrons. The molecule has 3 nitrogen and oxygen atoms in total. The summed E-state index contributed by atoms with van der Waals surface area (Å²) >= 11 is 0. The zero-order valence-corrected chi connectivity index (χ0v) is 16.2. The summed E-state index contributed by atoms with van der Waals surface area (Å²) in [6.45, 7) is 14.5. The molecule has 0 saturated heterocycles. The van der Waals surface area contributed by atoms with Crippen molar-refractivity contribution < 1.29 is 13.9 Å². The van der Waals surface area contributed by atoms with Crippen molar-refractivity contribution in [3.05, 3.63) is 0 Å². The minimum Gasteiger partial charge on any atom is -0.409 e. The van der Waals surface area contributed by atoms with E-state index in [0.29, 0.717) is 0 Å². The van der Waals surface area contributed by atoms with Gasteiger partial charge in [-0.2, -0.15) is 0 Å². The highest BCUT2D eigenvalue weighted by molar-refractivity contribution is 6.74. The second-order valence-electron chi connectivity index (χ2n) is 7.81. The van der Waals surface area contributed by atoms with E-state index in [1.807, 2.05) is 0 Å². The van der Waals surface area contributed by atoms with E-state index in [-0.39, 0.29) is 23.4 Å². The summed E-state index contributed by atoms with van der Waals surface area (Å²) in [5, 5.41) is 0.219. The van der Waals surface area contributed by atoms with Crippen molar-refractivity contribution in [2.24, 2.45) is 0 Å². The topological polar surface area (TPSA) is 27.7 Å². The van der Waals surface area contributed by atoms with Crippen molar-refractivity contribution in [3.63, 3.8) is 0 Å². The molecular weight excluding hydrogens is 280 g/mol. The molecule has 1 fully saturated rings. The van der Waals surface area contributed by atoms with E-state index >= 15 is 0 Å². The van der Waals surface area contributed by atoms with Crippen molar-refractivity contribution >= 4 is 8.32 Å². The first kappa shape index (κ1) is 19.1. The van der Waals surface area contributed by atoms with Gasteiger partial charge in [0.05, 0.1) is 18.3 Å². The summed E-state index contributed by atoms with van der Waals surface area (Å²) in [6.07, 6.45) is 6.14. The summed E-state index contributed by atoms with van der Waals surface area (Å²) in [5.74, 6) is 0. The molecule has 1 saturated carbocycles. The summed E-state index contributed by atoms with van der Waals surface area (Å²) in [7, 11) is 0.00694. The average Bonchev–Trinajstić information content (AvgIpc) is 2.39. The van der Waals surface area contributed by atoms with Crippen LogP contribution >= 0.6 is 0 Å². The van der Waals surface area contributed by atoms with Gasteiger partial charge in [-0.05, 0) is 43.8 Å². The van der Waals surface area contributed by atoms with Crippen molar-refractivity contribution in [1.29, 1.82) is 0 Å². The molecule has 0 aromatic carbocycles. The van der Waals surface area contributed by atoms with Gasteiger partial charge in [-0.3, -0.25) is 0 Å². The van der Waals surface area contributed by atoms with Gasteiger partial charge >= 0.3 is 0 Å². The molecule has 1 unspecified atom stereocenters. The molecule has 1 aliphatic carbocycles. The molecule has 0 amide bonds. The molecule has 0 aliphatic heterocycles. The minimum atomic E-state index is -1.80. The molecule has 0 N–H and O–H groups in total. The van der Waals surface area contributed by atoms with Gasteiger partial charge in [0.2, 0.25) is 0 Å². The van der Waals surface area contributed by atoms with Crippen LogP contribution in [0.2, 0.25) is 18.1 Å². The highest BCUT2D eigenvalue weighted by Gasteiger charge is 2.44. The Bertz CT molecular complexity index is 299. The van der Waals surface area contributed by atoms with E-state index < -0.39 is 8.32 Å². The van der Waals surface area contributed by atoms with Gasteiger partial charge in [-0.1, -0.05) is 34.1 Å². The Hall–Kier alpha value is 0.0969. The van der Waals surface area contributed by atoms with Crippen LogP contribution in [0.4, 0.5) is 0 Å².